The number of aromatic nitrogens is 2. The van der Waals surface area contributed by atoms with Gasteiger partial charge in [-0.15, -0.1) is 0 Å². The molecule has 0 spiro atoms. The van der Waals surface area contributed by atoms with E-state index < -0.39 is 84.4 Å². The van der Waals surface area contributed by atoms with Gasteiger partial charge in [-0.05, 0) is 41.0 Å². The second-order valence-corrected chi connectivity index (χ2v) is 20.8. The Balaban J connectivity index is 1.03. The molecule has 8 atom stereocenters. The van der Waals surface area contributed by atoms with Crippen LogP contribution in [0.2, 0.25) is 4.31 Å². The molecule has 18 nitrogen and oxygen atoms in total. The molecule has 4 aromatic carbocycles. The van der Waals surface area contributed by atoms with E-state index in [-0.39, 0.29) is 41.0 Å². The molecule has 1 unspecified atom stereocenters. The summed E-state index contributed by atoms with van der Waals surface area (Å²) in [6, 6.07) is 34.0. The number of phosphoric acid groups is 1. The number of carbonyl (C=O) groups excluding carboxylic acids is 2. The number of hydrogen-bond donors (Lipinski definition) is 4. The molecule has 0 saturated carbocycles. The smallest absolute Gasteiger partial charge is 0.118 e. The molecule has 20 heteroatoms. The monoisotopic (exact) mass is 992 g/mol. The van der Waals surface area contributed by atoms with E-state index in [2.05, 4.69) is 10.3 Å². The molecule has 3 amide bonds. The first-order valence-corrected chi connectivity index (χ1v) is 24.2. The Morgan fingerprint density at radius 1 is 0.788 bits per heavy atom. The van der Waals surface area contributed by atoms with Crippen molar-refractivity contribution >= 4 is 39.2 Å². The van der Waals surface area contributed by atoms with Crippen molar-refractivity contribution in [2.75, 3.05) is 34.0 Å². The summed E-state index contributed by atoms with van der Waals surface area (Å²) in [5, 5.41) is 13.5. The fourth-order valence-corrected chi connectivity index (χ4v) is 11.7. The molecule has 0 aliphatic carbocycles. The minimum atomic E-state index is -5.02. The Hall–Kier alpha value is -5.43. The van der Waals surface area contributed by atoms with E-state index in [1.807, 2.05) is 84.9 Å². The zero-order valence-corrected chi connectivity index (χ0v) is 38.7. The number of methoxy groups -OCH3 is 2. The number of imide groups is 1. The van der Waals surface area contributed by atoms with Crippen molar-refractivity contribution in [2.24, 2.45) is 0 Å². The summed E-state index contributed by atoms with van der Waals surface area (Å²) >= 11 is -0.371. The number of aliphatic hydroxyl groups excluding tert-OH is 1. The zero-order chi connectivity index (χ0) is 46.6. The molecule has 3 aliphatic rings. The Labute approximate surface area is 385 Å². The normalized spacial score (nSPS) is 25.3. The molecule has 348 valence electrons. The van der Waals surface area contributed by atoms with Crippen molar-refractivity contribution in [3.8, 4) is 11.5 Å². The molecule has 1 aromatic heterocycles. The molecule has 5 aromatic rings. The van der Waals surface area contributed by atoms with Gasteiger partial charge in [-0.25, -0.2) is 4.79 Å². The van der Waals surface area contributed by atoms with Crippen molar-refractivity contribution in [3.63, 3.8) is 0 Å². The quantitative estimate of drug-likeness (QED) is 0.0594. The third-order valence-corrected chi connectivity index (χ3v) is 15.4. The van der Waals surface area contributed by atoms with Crippen molar-refractivity contribution in [2.45, 2.75) is 66.6 Å². The van der Waals surface area contributed by atoms with Crippen molar-refractivity contribution < 1.29 is 56.9 Å². The van der Waals surface area contributed by atoms with Crippen LogP contribution in [0.25, 0.3) is 0 Å². The van der Waals surface area contributed by atoms with Gasteiger partial charge >= 0.3 is 191 Å². The maximum absolute atomic E-state index is 13.9. The number of benzene rings is 4. The molecule has 8 rings (SSSR count). The molecule has 3 saturated heterocycles. The van der Waals surface area contributed by atoms with E-state index >= 15 is 0 Å². The fourth-order valence-electron chi connectivity index (χ4n) is 8.32. The number of amides is 3. The Bertz CT molecular complexity index is 2610. The summed E-state index contributed by atoms with van der Waals surface area (Å²) in [6.07, 6.45) is -5.78. The summed E-state index contributed by atoms with van der Waals surface area (Å²) in [6.45, 7) is 0.896. The van der Waals surface area contributed by atoms with Gasteiger partial charge in [0.05, 0.1) is 20.8 Å². The molecular formula is C46H49N4O14PSe. The molecule has 0 bridgehead atoms. The van der Waals surface area contributed by atoms with E-state index in [1.54, 1.807) is 45.4 Å². The first-order valence-electron chi connectivity index (χ1n) is 21.0. The van der Waals surface area contributed by atoms with E-state index in [0.717, 1.165) is 20.7 Å². The minimum absolute atomic E-state index is 0.0202. The fraction of sp³-hybridized carbons (Fsp3) is 0.348. The van der Waals surface area contributed by atoms with Gasteiger partial charge in [-0.2, -0.15) is 0 Å². The number of nitrogens with one attached hydrogen (secondary N) is 2. The molecule has 0 radical (unpaired) electrons. The number of phosphoric ester groups is 1. The van der Waals surface area contributed by atoms with Crippen molar-refractivity contribution in [1.82, 2.24) is 19.8 Å². The first-order chi connectivity index (χ1) is 31.7. The van der Waals surface area contributed by atoms with Crippen LogP contribution < -0.4 is 30.5 Å². The van der Waals surface area contributed by atoms with Crippen LogP contribution in [0.1, 0.15) is 42.7 Å². The predicted molar refractivity (Wildman–Crippen MR) is 238 cm³/mol. The SMILES string of the molecule is COc1ccc(C(OC[C@H]2O[C@@H](n3ccc(=O)[nH]c3=O)C[C@@H]2OP(=O)(O)OC[C@H]2O[C@@H](N3C[C@](C)([Se]c4ccccc4)C(=O)NC3=O)C[C@@H]2O)(c2ccccc2)c2ccc(OC)cc2)cc1. The van der Waals surface area contributed by atoms with Gasteiger partial charge in [-0.1, -0.05) is 54.6 Å². The van der Waals surface area contributed by atoms with Crippen LogP contribution in [0.4, 0.5) is 4.79 Å². The number of rotatable bonds is 17. The molecule has 4 heterocycles. The first kappa shape index (κ1) is 47.1. The van der Waals surface area contributed by atoms with Crippen LogP contribution in [0.5, 0.6) is 11.5 Å². The van der Waals surface area contributed by atoms with Crippen LogP contribution >= 0.6 is 7.82 Å². The average Bonchev–Trinajstić information content (AvgIpc) is 3.89. The maximum Gasteiger partial charge on any atom is 0.118 e. The second kappa shape index (κ2) is 19.8. The second-order valence-electron chi connectivity index (χ2n) is 16.1. The topological polar surface area (TPSA) is 226 Å². The van der Waals surface area contributed by atoms with Gasteiger partial charge in [-0.3, -0.25) is 14.3 Å². The van der Waals surface area contributed by atoms with Gasteiger partial charge in [0, 0.05) is 12.3 Å². The third kappa shape index (κ3) is 10.1. The molecular weight excluding hydrogens is 942 g/mol. The number of hydrogen-bond acceptors (Lipinski definition) is 13. The summed E-state index contributed by atoms with van der Waals surface area (Å²) < 4.78 is 56.7. The van der Waals surface area contributed by atoms with Crippen molar-refractivity contribution in [3.05, 3.63) is 159 Å². The molecule has 3 fully saturated rings. The number of nitrogens with zero attached hydrogens (tertiary/aromatic N) is 2. The number of H-pyrrole nitrogens is 1. The minimum Gasteiger partial charge on any atom is -0.497 e. The third-order valence-electron chi connectivity index (χ3n) is 11.7. The van der Waals surface area contributed by atoms with Gasteiger partial charge in [0.15, 0.2) is 0 Å². The van der Waals surface area contributed by atoms with E-state index in [0.29, 0.717) is 22.6 Å². The van der Waals surface area contributed by atoms with Crippen molar-refractivity contribution in [1.29, 1.82) is 0 Å². The summed E-state index contributed by atoms with van der Waals surface area (Å²) in [4.78, 5) is 66.0. The molecule has 4 N–H and O–H groups in total. The van der Waals surface area contributed by atoms with Gasteiger partial charge in [0.2, 0.25) is 0 Å². The summed E-state index contributed by atoms with van der Waals surface area (Å²) in [5.41, 5.74) is -0.611. The van der Waals surface area contributed by atoms with E-state index in [1.165, 1.54) is 11.1 Å². The predicted octanol–water partition coefficient (Wildman–Crippen LogP) is 3.59. The van der Waals surface area contributed by atoms with Gasteiger partial charge in [0.1, 0.15) is 23.3 Å². The number of urea groups is 1. The average molecular weight is 992 g/mol. The van der Waals surface area contributed by atoms with Crippen LogP contribution in [0.15, 0.2) is 131 Å². The maximum atomic E-state index is 13.9. The van der Waals surface area contributed by atoms with Crippen LogP contribution in [0.3, 0.4) is 0 Å². The number of carbonyl (C=O) groups is 2. The number of ether oxygens (including phenoxy) is 5. The zero-order valence-electron chi connectivity index (χ0n) is 36.1. The van der Waals surface area contributed by atoms with Gasteiger partial charge in [0.25, 0.3) is 5.56 Å². The Kier molecular flexibility index (Phi) is 14.1. The molecule has 66 heavy (non-hydrogen) atoms. The molecule has 3 aliphatic heterocycles. The number of aromatic amines is 1. The van der Waals surface area contributed by atoms with E-state index in [9.17, 15) is 33.7 Å². The Morgan fingerprint density at radius 3 is 1.98 bits per heavy atom. The van der Waals surface area contributed by atoms with Crippen LogP contribution in [0, 0.1) is 0 Å². The largest absolute Gasteiger partial charge is 0.497 e. The van der Waals surface area contributed by atoms with Gasteiger partial charge < -0.3 is 18.9 Å². The Morgan fingerprint density at radius 2 is 1.38 bits per heavy atom. The van der Waals surface area contributed by atoms with E-state index in [4.69, 9.17) is 32.7 Å². The van der Waals surface area contributed by atoms with Crippen LogP contribution in [-0.4, -0.2) is 116 Å². The number of aliphatic hydroxyl groups is 1. The summed E-state index contributed by atoms with van der Waals surface area (Å²) in [7, 11) is -1.89. The standard InChI is InChI=1S/C46H49N4O14PSe/c1-45(66-34-12-8-5-9-13-34)28-50(44(55)48-42(45)53)40-24-35(51)37(62-40)27-61-65(56,57)64-36-25-41(49-23-22-39(52)47-43(49)54)63-38(36)26-60-46(29-10-6-4-7-11-29,30-14-18-32(58-2)19-15-30)31-16-20-33(59-3)21-17-31/h4-23,35-38,40-41,51H,24-28H2,1-3H3,(H,56,57)(H,47,52,54)(H,48,53,55)/t35-,36-,37+,38+,40+,41+,45-/m0/s1. The van der Waals surface area contributed by atoms with Crippen LogP contribution in [-0.2, 0) is 38.2 Å². The summed E-state index contributed by atoms with van der Waals surface area (Å²) in [5.74, 6) is 0.805.